The Morgan fingerprint density at radius 3 is 2.25 bits per heavy atom. The van der Waals surface area contributed by atoms with E-state index in [-0.39, 0.29) is 12.0 Å². The van der Waals surface area contributed by atoms with Crippen molar-refractivity contribution in [3.63, 3.8) is 0 Å². The summed E-state index contributed by atoms with van der Waals surface area (Å²) in [6.45, 7) is 0.753. The molecule has 1 aliphatic carbocycles. The van der Waals surface area contributed by atoms with Crippen LogP contribution in [-0.2, 0) is 9.53 Å². The fourth-order valence-corrected chi connectivity index (χ4v) is 2.67. The first-order valence-electron chi connectivity index (χ1n) is 6.78. The highest BCUT2D eigenvalue weighted by Crippen LogP contribution is 2.18. The molecule has 1 N–H and O–H groups in total. The zero-order valence-electron chi connectivity index (χ0n) is 10.0. The predicted molar refractivity (Wildman–Crippen MR) is 63.2 cm³/mol. The summed E-state index contributed by atoms with van der Waals surface area (Å²) >= 11 is 0. The highest BCUT2D eigenvalue weighted by Gasteiger charge is 2.24. The lowest BCUT2D eigenvalue weighted by molar-refractivity contribution is -0.136. The summed E-state index contributed by atoms with van der Waals surface area (Å²) in [5.41, 5.74) is 0. The maximum atomic E-state index is 11.9. The first kappa shape index (κ1) is 11.9. The van der Waals surface area contributed by atoms with Crippen LogP contribution in [-0.4, -0.2) is 24.7 Å². The third kappa shape index (κ3) is 3.48. The number of carbonyl (C=O) groups excluding carboxylic acids is 1. The van der Waals surface area contributed by atoms with E-state index < -0.39 is 0 Å². The van der Waals surface area contributed by atoms with E-state index in [4.69, 9.17) is 4.74 Å². The van der Waals surface area contributed by atoms with Crippen LogP contribution in [0.1, 0.15) is 57.8 Å². The number of rotatable bonds is 2. The van der Waals surface area contributed by atoms with E-state index in [0.717, 1.165) is 38.7 Å². The number of carbonyl (C=O) groups is 1. The monoisotopic (exact) mass is 225 g/mol. The molecule has 2 fully saturated rings. The topological polar surface area (TPSA) is 38.3 Å². The van der Waals surface area contributed by atoms with Crippen LogP contribution in [0, 0.1) is 0 Å². The summed E-state index contributed by atoms with van der Waals surface area (Å²) < 4.78 is 5.50. The fraction of sp³-hybridized carbons (Fsp3) is 0.923. The van der Waals surface area contributed by atoms with Crippen molar-refractivity contribution in [2.24, 2.45) is 0 Å². The fourth-order valence-electron chi connectivity index (χ4n) is 2.67. The molecule has 3 heteroatoms. The summed E-state index contributed by atoms with van der Waals surface area (Å²) in [5, 5.41) is 3.16. The standard InChI is InChI=1S/C13H23NO2/c15-13(12-9-5-6-10-16-12)14-11-7-3-1-2-4-8-11/h11-12H,1-10H2,(H,14,15). The second kappa shape index (κ2) is 6.24. The SMILES string of the molecule is O=C(NC1CCCCCC1)C1CCCCO1. The normalized spacial score (nSPS) is 28.4. The molecule has 3 nitrogen and oxygen atoms in total. The second-order valence-electron chi connectivity index (χ2n) is 5.05. The third-order valence-corrected chi connectivity index (χ3v) is 3.67. The average Bonchev–Trinajstić information content (AvgIpc) is 2.59. The van der Waals surface area contributed by atoms with Crippen LogP contribution in [0.25, 0.3) is 0 Å². The summed E-state index contributed by atoms with van der Waals surface area (Å²) in [6, 6.07) is 0.403. The molecule has 1 saturated carbocycles. The van der Waals surface area contributed by atoms with Crippen LogP contribution in [0.5, 0.6) is 0 Å². The Morgan fingerprint density at radius 1 is 0.938 bits per heavy atom. The summed E-state index contributed by atoms with van der Waals surface area (Å²) in [5.74, 6) is 0.131. The van der Waals surface area contributed by atoms with Crippen molar-refractivity contribution in [1.82, 2.24) is 5.32 Å². The van der Waals surface area contributed by atoms with Crippen molar-refractivity contribution in [3.8, 4) is 0 Å². The summed E-state index contributed by atoms with van der Waals surface area (Å²) in [6.07, 6.45) is 10.4. The van der Waals surface area contributed by atoms with Gasteiger partial charge in [0, 0.05) is 12.6 Å². The number of hydrogen-bond acceptors (Lipinski definition) is 2. The molecule has 92 valence electrons. The van der Waals surface area contributed by atoms with Crippen molar-refractivity contribution in [2.45, 2.75) is 69.9 Å². The van der Waals surface area contributed by atoms with Gasteiger partial charge in [0.25, 0.3) is 0 Å². The van der Waals surface area contributed by atoms with Crippen molar-refractivity contribution in [2.75, 3.05) is 6.61 Å². The number of ether oxygens (including phenoxy) is 1. The van der Waals surface area contributed by atoms with E-state index in [9.17, 15) is 4.79 Å². The highest BCUT2D eigenvalue weighted by atomic mass is 16.5. The number of nitrogens with one attached hydrogen (secondary N) is 1. The smallest absolute Gasteiger partial charge is 0.249 e. The molecule has 0 spiro atoms. The molecule has 0 aromatic rings. The molecule has 0 aromatic heterocycles. The molecule has 1 heterocycles. The number of amides is 1. The maximum Gasteiger partial charge on any atom is 0.249 e. The van der Waals surface area contributed by atoms with Crippen LogP contribution < -0.4 is 5.32 Å². The Balaban J connectivity index is 1.76. The summed E-state index contributed by atoms with van der Waals surface area (Å²) in [4.78, 5) is 11.9. The van der Waals surface area contributed by atoms with E-state index >= 15 is 0 Å². The predicted octanol–water partition coefficient (Wildman–Crippen LogP) is 2.39. The van der Waals surface area contributed by atoms with E-state index in [0.29, 0.717) is 6.04 Å². The van der Waals surface area contributed by atoms with Gasteiger partial charge < -0.3 is 10.1 Å². The largest absolute Gasteiger partial charge is 0.368 e. The van der Waals surface area contributed by atoms with Gasteiger partial charge in [-0.05, 0) is 32.1 Å². The van der Waals surface area contributed by atoms with Crippen LogP contribution in [0.4, 0.5) is 0 Å². The van der Waals surface area contributed by atoms with Gasteiger partial charge in [-0.3, -0.25) is 4.79 Å². The van der Waals surface area contributed by atoms with E-state index in [1.165, 1.54) is 25.7 Å². The zero-order chi connectivity index (χ0) is 11.2. The van der Waals surface area contributed by atoms with Gasteiger partial charge in [0.05, 0.1) is 0 Å². The van der Waals surface area contributed by atoms with Crippen molar-refractivity contribution in [1.29, 1.82) is 0 Å². The van der Waals surface area contributed by atoms with Gasteiger partial charge in [-0.15, -0.1) is 0 Å². The molecular formula is C13H23NO2. The molecule has 1 aliphatic heterocycles. The Hall–Kier alpha value is -0.570. The third-order valence-electron chi connectivity index (χ3n) is 3.67. The quantitative estimate of drug-likeness (QED) is 0.733. The van der Waals surface area contributed by atoms with Crippen molar-refractivity contribution >= 4 is 5.91 Å². The Labute approximate surface area is 97.9 Å². The average molecular weight is 225 g/mol. The molecule has 0 bridgehead atoms. The highest BCUT2D eigenvalue weighted by molar-refractivity contribution is 5.81. The minimum atomic E-state index is -0.169. The molecule has 0 aromatic carbocycles. The Kier molecular flexibility index (Phi) is 4.64. The Morgan fingerprint density at radius 2 is 1.62 bits per heavy atom. The Bertz CT molecular complexity index is 216. The van der Waals surface area contributed by atoms with Gasteiger partial charge in [-0.25, -0.2) is 0 Å². The van der Waals surface area contributed by atoms with Crippen LogP contribution >= 0.6 is 0 Å². The molecule has 1 atom stereocenters. The van der Waals surface area contributed by atoms with Gasteiger partial charge in [0.1, 0.15) is 6.10 Å². The molecule has 2 rings (SSSR count). The molecule has 1 unspecified atom stereocenters. The lowest BCUT2D eigenvalue weighted by atomic mass is 10.1. The molecule has 16 heavy (non-hydrogen) atoms. The van der Waals surface area contributed by atoms with E-state index in [2.05, 4.69) is 5.32 Å². The van der Waals surface area contributed by atoms with Crippen LogP contribution in [0.15, 0.2) is 0 Å². The molecule has 1 saturated heterocycles. The summed E-state index contributed by atoms with van der Waals surface area (Å²) in [7, 11) is 0. The molecule has 1 amide bonds. The van der Waals surface area contributed by atoms with Crippen LogP contribution in [0.3, 0.4) is 0 Å². The van der Waals surface area contributed by atoms with Gasteiger partial charge in [0.15, 0.2) is 0 Å². The van der Waals surface area contributed by atoms with Gasteiger partial charge >= 0.3 is 0 Å². The molecule has 0 radical (unpaired) electrons. The number of hydrogen-bond donors (Lipinski definition) is 1. The van der Waals surface area contributed by atoms with E-state index in [1.54, 1.807) is 0 Å². The minimum absolute atomic E-state index is 0.131. The first-order chi connectivity index (χ1) is 7.86. The van der Waals surface area contributed by atoms with Gasteiger partial charge in [0.2, 0.25) is 5.91 Å². The second-order valence-corrected chi connectivity index (χ2v) is 5.05. The zero-order valence-corrected chi connectivity index (χ0v) is 10.0. The molecular weight excluding hydrogens is 202 g/mol. The van der Waals surface area contributed by atoms with Crippen molar-refractivity contribution < 1.29 is 9.53 Å². The minimum Gasteiger partial charge on any atom is -0.368 e. The molecule has 2 aliphatic rings. The van der Waals surface area contributed by atoms with E-state index in [1.807, 2.05) is 0 Å². The van der Waals surface area contributed by atoms with Gasteiger partial charge in [-0.1, -0.05) is 25.7 Å². The van der Waals surface area contributed by atoms with Gasteiger partial charge in [-0.2, -0.15) is 0 Å². The lowest BCUT2D eigenvalue weighted by Crippen LogP contribution is -2.43. The van der Waals surface area contributed by atoms with Crippen molar-refractivity contribution in [3.05, 3.63) is 0 Å². The first-order valence-corrected chi connectivity index (χ1v) is 6.78. The maximum absolute atomic E-state index is 11.9. The van der Waals surface area contributed by atoms with Crippen LogP contribution in [0.2, 0.25) is 0 Å². The lowest BCUT2D eigenvalue weighted by Gasteiger charge is -2.24.